The third-order valence-corrected chi connectivity index (χ3v) is 3.95. The summed E-state index contributed by atoms with van der Waals surface area (Å²) in [6.45, 7) is 0. The summed E-state index contributed by atoms with van der Waals surface area (Å²) in [5.41, 5.74) is 0.426. The average Bonchev–Trinajstić information content (AvgIpc) is 2.34. The van der Waals surface area contributed by atoms with Crippen LogP contribution >= 0.6 is 0 Å². The molecule has 2 rings (SSSR count). The number of aliphatic hydroxyl groups is 1. The summed E-state index contributed by atoms with van der Waals surface area (Å²) >= 11 is 0. The predicted molar refractivity (Wildman–Crippen MR) is 71.0 cm³/mol. The molecule has 0 aromatic heterocycles. The molecule has 1 aromatic rings. The van der Waals surface area contributed by atoms with E-state index >= 15 is 0 Å². The van der Waals surface area contributed by atoms with Crippen molar-refractivity contribution in [3.8, 4) is 0 Å². The Bertz CT molecular complexity index is 451. The molecule has 0 aliphatic heterocycles. The van der Waals surface area contributed by atoms with Gasteiger partial charge in [0.1, 0.15) is 0 Å². The first kappa shape index (κ1) is 14.0. The van der Waals surface area contributed by atoms with Gasteiger partial charge in [-0.15, -0.1) is 0 Å². The largest absolute Gasteiger partial charge is 0.393 e. The molecule has 1 aromatic carbocycles. The first-order chi connectivity index (χ1) is 9.06. The molecule has 5 nitrogen and oxygen atoms in total. The second-order valence-electron chi connectivity index (χ2n) is 5.19. The van der Waals surface area contributed by atoms with Crippen LogP contribution in [0.1, 0.15) is 31.2 Å². The normalized spacial score (nSPS) is 18.6. The maximum Gasteiger partial charge on any atom is 0.272 e. The number of rotatable bonds is 6. The summed E-state index contributed by atoms with van der Waals surface area (Å²) in [6.07, 6.45) is 3.25. The lowest BCUT2D eigenvalue weighted by molar-refractivity contribution is -0.385. The lowest BCUT2D eigenvalue weighted by Crippen LogP contribution is -2.42. The summed E-state index contributed by atoms with van der Waals surface area (Å²) in [4.78, 5) is 10.5. The number of hydrogen-bond donors (Lipinski definition) is 1. The monoisotopic (exact) mass is 265 g/mol. The Labute approximate surface area is 112 Å². The molecule has 1 N–H and O–H groups in total. The molecule has 1 unspecified atom stereocenters. The van der Waals surface area contributed by atoms with Crippen molar-refractivity contribution in [1.82, 2.24) is 0 Å². The van der Waals surface area contributed by atoms with Crippen molar-refractivity contribution in [1.29, 1.82) is 0 Å². The van der Waals surface area contributed by atoms with E-state index in [9.17, 15) is 15.2 Å². The molecule has 0 amide bonds. The Hall–Kier alpha value is -1.46. The minimum atomic E-state index is -0.610. The van der Waals surface area contributed by atoms with Crippen molar-refractivity contribution in [2.75, 3.05) is 7.11 Å². The average molecular weight is 265 g/mol. The van der Waals surface area contributed by atoms with Crippen molar-refractivity contribution in [2.45, 2.75) is 43.8 Å². The van der Waals surface area contributed by atoms with E-state index in [1.165, 1.54) is 6.07 Å². The Kier molecular flexibility index (Phi) is 4.17. The van der Waals surface area contributed by atoms with Crippen molar-refractivity contribution in [3.63, 3.8) is 0 Å². The molecule has 1 saturated carbocycles. The number of para-hydroxylation sites is 1. The van der Waals surface area contributed by atoms with Crippen molar-refractivity contribution < 1.29 is 14.8 Å². The lowest BCUT2D eigenvalue weighted by Gasteiger charge is -2.41. The molecule has 5 heteroatoms. The number of nitro groups is 1. The minimum Gasteiger partial charge on any atom is -0.393 e. The first-order valence-corrected chi connectivity index (χ1v) is 6.52. The van der Waals surface area contributed by atoms with Gasteiger partial charge in [-0.25, -0.2) is 0 Å². The standard InChI is InChI=1S/C14H19NO4/c1-19-14(7-4-8-14)10-12(16)9-11-5-2-3-6-13(11)15(17)18/h2-3,5-6,12,16H,4,7-10H2,1H3. The fraction of sp³-hybridized carbons (Fsp3) is 0.571. The van der Waals surface area contributed by atoms with Crippen molar-refractivity contribution in [3.05, 3.63) is 39.9 Å². The van der Waals surface area contributed by atoms with Crippen LogP contribution in [-0.2, 0) is 11.2 Å². The van der Waals surface area contributed by atoms with Gasteiger partial charge >= 0.3 is 0 Å². The van der Waals surface area contributed by atoms with Crippen LogP contribution in [0.25, 0.3) is 0 Å². The van der Waals surface area contributed by atoms with E-state index in [-0.39, 0.29) is 11.3 Å². The Morgan fingerprint density at radius 3 is 2.68 bits per heavy atom. The highest BCUT2D eigenvalue weighted by Crippen LogP contribution is 2.39. The van der Waals surface area contributed by atoms with Gasteiger partial charge in [-0.1, -0.05) is 18.2 Å². The van der Waals surface area contributed by atoms with Gasteiger partial charge in [-0.2, -0.15) is 0 Å². The van der Waals surface area contributed by atoms with E-state index < -0.39 is 11.0 Å². The van der Waals surface area contributed by atoms with Gasteiger partial charge < -0.3 is 9.84 Å². The van der Waals surface area contributed by atoms with E-state index in [0.717, 1.165) is 19.3 Å². The molecule has 1 aliphatic carbocycles. The fourth-order valence-corrected chi connectivity index (χ4v) is 2.68. The molecule has 1 atom stereocenters. The number of hydrogen-bond acceptors (Lipinski definition) is 4. The molecule has 0 spiro atoms. The molecule has 1 aliphatic rings. The van der Waals surface area contributed by atoms with Crippen LogP contribution in [0.15, 0.2) is 24.3 Å². The number of aliphatic hydroxyl groups excluding tert-OH is 1. The van der Waals surface area contributed by atoms with Gasteiger partial charge in [0.15, 0.2) is 0 Å². The number of nitro benzene ring substituents is 1. The van der Waals surface area contributed by atoms with Gasteiger partial charge in [-0.3, -0.25) is 10.1 Å². The van der Waals surface area contributed by atoms with E-state index in [4.69, 9.17) is 4.74 Å². The van der Waals surface area contributed by atoms with Gasteiger partial charge in [0.2, 0.25) is 0 Å². The summed E-state index contributed by atoms with van der Waals surface area (Å²) in [7, 11) is 1.66. The molecule has 0 bridgehead atoms. The van der Waals surface area contributed by atoms with Crippen molar-refractivity contribution in [2.24, 2.45) is 0 Å². The first-order valence-electron chi connectivity index (χ1n) is 6.52. The maximum atomic E-state index is 10.9. The van der Waals surface area contributed by atoms with E-state index in [2.05, 4.69) is 0 Å². The molecule has 0 radical (unpaired) electrons. The van der Waals surface area contributed by atoms with Crippen LogP contribution in [0, 0.1) is 10.1 Å². The molecule has 0 saturated heterocycles. The van der Waals surface area contributed by atoms with Crippen LogP contribution in [-0.4, -0.2) is 28.8 Å². The van der Waals surface area contributed by atoms with Crippen LogP contribution in [0.3, 0.4) is 0 Å². The topological polar surface area (TPSA) is 72.6 Å². The molecule has 104 valence electrons. The maximum absolute atomic E-state index is 10.9. The molecular formula is C14H19NO4. The van der Waals surface area contributed by atoms with Gasteiger partial charge in [-0.05, 0) is 19.3 Å². The van der Waals surface area contributed by atoms with E-state index in [1.807, 2.05) is 0 Å². The highest BCUT2D eigenvalue weighted by molar-refractivity contribution is 5.40. The van der Waals surface area contributed by atoms with Gasteiger partial charge in [0.05, 0.1) is 16.6 Å². The summed E-state index contributed by atoms with van der Waals surface area (Å²) < 4.78 is 5.47. The zero-order valence-corrected chi connectivity index (χ0v) is 11.0. The Morgan fingerprint density at radius 1 is 1.47 bits per heavy atom. The zero-order chi connectivity index (χ0) is 13.9. The smallest absolute Gasteiger partial charge is 0.272 e. The molecule has 1 fully saturated rings. The number of benzene rings is 1. The summed E-state index contributed by atoms with van der Waals surface area (Å²) in [6, 6.07) is 6.56. The van der Waals surface area contributed by atoms with Gasteiger partial charge in [0.25, 0.3) is 5.69 Å². The SMILES string of the molecule is COC1(CC(O)Cc2ccccc2[N+](=O)[O-])CCC1. The van der Waals surface area contributed by atoms with Crippen LogP contribution < -0.4 is 0 Å². The third kappa shape index (κ3) is 3.11. The van der Waals surface area contributed by atoms with E-state index in [0.29, 0.717) is 18.4 Å². The predicted octanol–water partition coefficient (Wildman–Crippen LogP) is 2.46. The zero-order valence-electron chi connectivity index (χ0n) is 11.0. The summed E-state index contributed by atoms with van der Waals surface area (Å²) in [5.74, 6) is 0. The minimum absolute atomic E-state index is 0.0710. The molecular weight excluding hydrogens is 246 g/mol. The summed E-state index contributed by atoms with van der Waals surface area (Å²) in [5, 5.41) is 21.0. The number of methoxy groups -OCH3 is 1. The third-order valence-electron chi connectivity index (χ3n) is 3.95. The highest BCUT2D eigenvalue weighted by atomic mass is 16.6. The highest BCUT2D eigenvalue weighted by Gasteiger charge is 2.38. The lowest BCUT2D eigenvalue weighted by atomic mass is 9.75. The second-order valence-corrected chi connectivity index (χ2v) is 5.19. The van der Waals surface area contributed by atoms with Gasteiger partial charge in [0, 0.05) is 31.6 Å². The Balaban J connectivity index is 2.02. The quantitative estimate of drug-likeness (QED) is 0.633. The van der Waals surface area contributed by atoms with E-state index in [1.54, 1.807) is 25.3 Å². The number of nitrogens with zero attached hydrogens (tertiary/aromatic N) is 1. The van der Waals surface area contributed by atoms with Crippen LogP contribution in [0.2, 0.25) is 0 Å². The number of ether oxygens (including phenoxy) is 1. The molecule has 19 heavy (non-hydrogen) atoms. The second kappa shape index (κ2) is 5.67. The van der Waals surface area contributed by atoms with Crippen LogP contribution in [0.4, 0.5) is 5.69 Å². The van der Waals surface area contributed by atoms with Crippen LogP contribution in [0.5, 0.6) is 0 Å². The fourth-order valence-electron chi connectivity index (χ4n) is 2.68. The Morgan fingerprint density at radius 2 is 2.16 bits per heavy atom. The molecule has 0 heterocycles. The van der Waals surface area contributed by atoms with Crippen molar-refractivity contribution >= 4 is 5.69 Å².